The minimum absolute atomic E-state index is 0.0593. The summed E-state index contributed by atoms with van der Waals surface area (Å²) >= 11 is 5.90. The van der Waals surface area contributed by atoms with Gasteiger partial charge in [-0.15, -0.1) is 5.10 Å². The second kappa shape index (κ2) is 5.40. The summed E-state index contributed by atoms with van der Waals surface area (Å²) in [6.45, 7) is 3.83. The molecule has 2 rings (SSSR count). The zero-order valence-corrected chi connectivity index (χ0v) is 11.2. The molecule has 1 atom stereocenters. The minimum atomic E-state index is -0.904. The summed E-state index contributed by atoms with van der Waals surface area (Å²) in [7, 11) is 0. The van der Waals surface area contributed by atoms with Gasteiger partial charge in [0.05, 0.1) is 24.3 Å². The summed E-state index contributed by atoms with van der Waals surface area (Å²) in [5.41, 5.74) is 0.544. The topological polar surface area (TPSA) is 94.0 Å². The third kappa shape index (κ3) is 2.76. The van der Waals surface area contributed by atoms with Crippen molar-refractivity contribution < 1.29 is 14.3 Å². The first-order valence-corrected chi connectivity index (χ1v) is 6.11. The van der Waals surface area contributed by atoms with E-state index in [0.29, 0.717) is 11.4 Å². The van der Waals surface area contributed by atoms with Crippen molar-refractivity contribution in [1.82, 2.24) is 20.2 Å². The second-order valence-electron chi connectivity index (χ2n) is 4.46. The highest BCUT2D eigenvalue weighted by Gasteiger charge is 2.25. The third-order valence-electron chi connectivity index (χ3n) is 2.82. The van der Waals surface area contributed by atoms with E-state index in [1.54, 1.807) is 6.07 Å². The zero-order valence-electron chi connectivity index (χ0n) is 10.4. The molecule has 8 heteroatoms. The van der Waals surface area contributed by atoms with Crippen LogP contribution < -0.4 is 0 Å². The van der Waals surface area contributed by atoms with Gasteiger partial charge in [-0.2, -0.15) is 0 Å². The molecular weight excluding hydrogens is 272 g/mol. The molecule has 19 heavy (non-hydrogen) atoms. The fraction of sp³-hybridized carbons (Fsp3) is 0.455. The molecule has 0 saturated carbocycles. The molecule has 0 aliphatic carbocycles. The van der Waals surface area contributed by atoms with Gasteiger partial charge < -0.3 is 9.52 Å². The van der Waals surface area contributed by atoms with Gasteiger partial charge in [0, 0.05) is 0 Å². The first-order valence-electron chi connectivity index (χ1n) is 5.73. The number of aromatic nitrogens is 4. The molecule has 0 fully saturated rings. The van der Waals surface area contributed by atoms with Gasteiger partial charge in [-0.3, -0.25) is 4.79 Å². The standard InChI is InChI=1S/C11H13ClN4O3/c1-6(2)8(5-9(17)18)16-11(13-14-15-16)7-3-4-19-10(7)12/h3-4,6,8H,5H2,1-2H3,(H,17,18). The predicted molar refractivity (Wildman–Crippen MR) is 66.7 cm³/mol. The highest BCUT2D eigenvalue weighted by Crippen LogP contribution is 2.30. The fourth-order valence-corrected chi connectivity index (χ4v) is 2.03. The van der Waals surface area contributed by atoms with Crippen LogP contribution in [0.5, 0.6) is 0 Å². The number of tetrazole rings is 1. The number of carbonyl (C=O) groups is 1. The fourth-order valence-electron chi connectivity index (χ4n) is 1.83. The van der Waals surface area contributed by atoms with Crippen LogP contribution in [0, 0.1) is 5.92 Å². The van der Waals surface area contributed by atoms with Crippen LogP contribution in [0.4, 0.5) is 0 Å². The summed E-state index contributed by atoms with van der Waals surface area (Å²) in [6, 6.07) is 1.29. The van der Waals surface area contributed by atoms with Crippen LogP contribution in [0.2, 0.25) is 5.22 Å². The van der Waals surface area contributed by atoms with Crippen molar-refractivity contribution >= 4 is 17.6 Å². The van der Waals surface area contributed by atoms with Crippen LogP contribution in [-0.4, -0.2) is 31.3 Å². The average molecular weight is 285 g/mol. The smallest absolute Gasteiger partial charge is 0.305 e. The monoisotopic (exact) mass is 284 g/mol. The molecule has 0 aliphatic rings. The average Bonchev–Trinajstić information content (AvgIpc) is 2.93. The first-order chi connectivity index (χ1) is 9.00. The van der Waals surface area contributed by atoms with Crippen molar-refractivity contribution in [2.75, 3.05) is 0 Å². The summed E-state index contributed by atoms with van der Waals surface area (Å²) in [5.74, 6) is -0.443. The van der Waals surface area contributed by atoms with Crippen LogP contribution in [0.1, 0.15) is 26.3 Å². The molecule has 0 saturated heterocycles. The Morgan fingerprint density at radius 3 is 2.84 bits per heavy atom. The minimum Gasteiger partial charge on any atom is -0.481 e. The van der Waals surface area contributed by atoms with Gasteiger partial charge in [0.2, 0.25) is 5.22 Å². The van der Waals surface area contributed by atoms with Gasteiger partial charge in [-0.1, -0.05) is 13.8 Å². The lowest BCUT2D eigenvalue weighted by atomic mass is 10.0. The zero-order chi connectivity index (χ0) is 14.0. The van der Waals surface area contributed by atoms with E-state index in [4.69, 9.17) is 21.1 Å². The number of hydrogen-bond acceptors (Lipinski definition) is 5. The predicted octanol–water partition coefficient (Wildman–Crippen LogP) is 2.26. The van der Waals surface area contributed by atoms with Crippen LogP contribution >= 0.6 is 11.6 Å². The van der Waals surface area contributed by atoms with E-state index in [9.17, 15) is 4.79 Å². The lowest BCUT2D eigenvalue weighted by Crippen LogP contribution is -2.21. The van der Waals surface area contributed by atoms with Gasteiger partial charge in [0.1, 0.15) is 0 Å². The number of carboxylic acid groups (broad SMARTS) is 1. The Morgan fingerprint density at radius 1 is 1.58 bits per heavy atom. The van der Waals surface area contributed by atoms with Crippen molar-refractivity contribution in [2.45, 2.75) is 26.3 Å². The van der Waals surface area contributed by atoms with Gasteiger partial charge in [-0.25, -0.2) is 4.68 Å². The molecule has 0 spiro atoms. The summed E-state index contributed by atoms with van der Waals surface area (Å²) in [4.78, 5) is 10.9. The third-order valence-corrected chi connectivity index (χ3v) is 3.11. The molecule has 1 N–H and O–H groups in total. The number of furan rings is 1. The highest BCUT2D eigenvalue weighted by atomic mass is 35.5. The van der Waals surface area contributed by atoms with E-state index in [1.807, 2.05) is 13.8 Å². The van der Waals surface area contributed by atoms with Crippen molar-refractivity contribution in [2.24, 2.45) is 5.92 Å². The molecule has 0 radical (unpaired) electrons. The van der Waals surface area contributed by atoms with E-state index in [0.717, 1.165) is 0 Å². The lowest BCUT2D eigenvalue weighted by Gasteiger charge is -2.19. The molecule has 1 unspecified atom stereocenters. The van der Waals surface area contributed by atoms with E-state index >= 15 is 0 Å². The number of nitrogens with zero attached hydrogens (tertiary/aromatic N) is 4. The van der Waals surface area contributed by atoms with Gasteiger partial charge >= 0.3 is 5.97 Å². The Balaban J connectivity index is 2.42. The molecule has 0 amide bonds. The Labute approximate surface area is 114 Å². The number of hydrogen-bond donors (Lipinski definition) is 1. The number of aliphatic carboxylic acids is 1. The molecule has 2 aromatic heterocycles. The Kier molecular flexibility index (Phi) is 3.84. The van der Waals surface area contributed by atoms with Gasteiger partial charge in [0.25, 0.3) is 0 Å². The van der Waals surface area contributed by atoms with Crippen LogP contribution in [0.3, 0.4) is 0 Å². The maximum atomic E-state index is 10.9. The largest absolute Gasteiger partial charge is 0.481 e. The Hall–Kier alpha value is -1.89. The maximum Gasteiger partial charge on any atom is 0.305 e. The normalized spacial score (nSPS) is 12.8. The highest BCUT2D eigenvalue weighted by molar-refractivity contribution is 6.31. The molecule has 0 aliphatic heterocycles. The number of rotatable bonds is 5. The molecule has 0 bridgehead atoms. The Morgan fingerprint density at radius 2 is 2.32 bits per heavy atom. The van der Waals surface area contributed by atoms with Crippen LogP contribution in [-0.2, 0) is 4.79 Å². The molecule has 7 nitrogen and oxygen atoms in total. The number of halogens is 1. The van der Waals surface area contributed by atoms with Crippen molar-refractivity contribution in [3.63, 3.8) is 0 Å². The molecule has 0 aromatic carbocycles. The second-order valence-corrected chi connectivity index (χ2v) is 4.81. The SMILES string of the molecule is CC(C)C(CC(=O)O)n1nnnc1-c1ccoc1Cl. The first kappa shape index (κ1) is 13.5. The summed E-state index contributed by atoms with van der Waals surface area (Å²) in [5, 5.41) is 20.5. The van der Waals surface area contributed by atoms with Gasteiger partial charge in [0.15, 0.2) is 5.82 Å². The maximum absolute atomic E-state index is 10.9. The lowest BCUT2D eigenvalue weighted by molar-refractivity contribution is -0.138. The van der Waals surface area contributed by atoms with E-state index in [2.05, 4.69) is 15.5 Å². The quantitative estimate of drug-likeness (QED) is 0.905. The molecular formula is C11H13ClN4O3. The van der Waals surface area contributed by atoms with Crippen LogP contribution in [0.15, 0.2) is 16.7 Å². The van der Waals surface area contributed by atoms with Crippen molar-refractivity contribution in [1.29, 1.82) is 0 Å². The molecule has 2 aromatic rings. The summed E-state index contributed by atoms with van der Waals surface area (Å²) in [6.07, 6.45) is 1.36. The molecule has 102 valence electrons. The Bertz CT molecular complexity index is 578. The van der Waals surface area contributed by atoms with Crippen LogP contribution in [0.25, 0.3) is 11.4 Å². The van der Waals surface area contributed by atoms with Gasteiger partial charge in [-0.05, 0) is 34.0 Å². The summed E-state index contributed by atoms with van der Waals surface area (Å²) < 4.78 is 6.49. The van der Waals surface area contributed by atoms with E-state index in [1.165, 1.54) is 10.9 Å². The van der Waals surface area contributed by atoms with Crippen molar-refractivity contribution in [3.05, 3.63) is 17.5 Å². The molecule has 2 heterocycles. The van der Waals surface area contributed by atoms with E-state index in [-0.39, 0.29) is 23.6 Å². The van der Waals surface area contributed by atoms with E-state index < -0.39 is 5.97 Å². The number of carboxylic acids is 1. The van der Waals surface area contributed by atoms with Crippen molar-refractivity contribution in [3.8, 4) is 11.4 Å².